The zero-order chi connectivity index (χ0) is 18.4. The summed E-state index contributed by atoms with van der Waals surface area (Å²) in [6.45, 7) is 12.9. The highest BCUT2D eigenvalue weighted by molar-refractivity contribution is 5.75. The van der Waals surface area contributed by atoms with Gasteiger partial charge in [0.05, 0.1) is 6.42 Å². The van der Waals surface area contributed by atoms with Gasteiger partial charge in [0.1, 0.15) is 5.60 Å². The number of carbonyl (C=O) groups excluding carboxylic acids is 2. The molecule has 0 saturated heterocycles. The van der Waals surface area contributed by atoms with E-state index in [-0.39, 0.29) is 29.9 Å². The summed E-state index contributed by atoms with van der Waals surface area (Å²) < 4.78 is 5.24. The molecular weight excluding hydrogens is 294 g/mol. The maximum Gasteiger partial charge on any atom is 0.317 e. The lowest BCUT2D eigenvalue weighted by Crippen LogP contribution is -2.51. The molecule has 0 bridgehead atoms. The van der Waals surface area contributed by atoms with E-state index < -0.39 is 5.60 Å². The van der Waals surface area contributed by atoms with E-state index in [1.807, 2.05) is 41.8 Å². The molecular formula is C17H35N3O3. The van der Waals surface area contributed by atoms with Crippen molar-refractivity contribution >= 4 is 12.0 Å². The van der Waals surface area contributed by atoms with Gasteiger partial charge in [0.15, 0.2) is 0 Å². The van der Waals surface area contributed by atoms with Crippen molar-refractivity contribution in [3.05, 3.63) is 0 Å². The molecule has 1 unspecified atom stereocenters. The second-order valence-corrected chi connectivity index (χ2v) is 8.16. The first-order valence-corrected chi connectivity index (χ1v) is 8.13. The molecule has 0 fully saturated rings. The Morgan fingerprint density at radius 2 is 1.61 bits per heavy atom. The molecule has 0 aromatic rings. The average molecular weight is 329 g/mol. The van der Waals surface area contributed by atoms with Crippen molar-refractivity contribution in [1.29, 1.82) is 0 Å². The maximum atomic E-state index is 12.2. The predicted octanol–water partition coefficient (Wildman–Crippen LogP) is 2.34. The minimum atomic E-state index is -0.497. The number of esters is 1. The van der Waals surface area contributed by atoms with Gasteiger partial charge in [0.25, 0.3) is 0 Å². The number of nitrogens with one attached hydrogen (secondary N) is 1. The summed E-state index contributed by atoms with van der Waals surface area (Å²) in [6, 6.07) is -0.158. The van der Waals surface area contributed by atoms with Crippen molar-refractivity contribution in [3.63, 3.8) is 0 Å². The summed E-state index contributed by atoms with van der Waals surface area (Å²) in [5, 5.41) is 3.01. The van der Waals surface area contributed by atoms with Crippen LogP contribution in [0.1, 0.15) is 48.0 Å². The minimum absolute atomic E-state index is 0.0152. The molecule has 0 rings (SSSR count). The third-order valence-electron chi connectivity index (χ3n) is 3.65. The van der Waals surface area contributed by atoms with Gasteiger partial charge < -0.3 is 19.9 Å². The number of urea groups is 1. The second-order valence-electron chi connectivity index (χ2n) is 8.16. The fourth-order valence-corrected chi connectivity index (χ4v) is 2.20. The lowest BCUT2D eigenvalue weighted by Gasteiger charge is -2.35. The first-order valence-electron chi connectivity index (χ1n) is 8.13. The van der Waals surface area contributed by atoms with Crippen LogP contribution in [0.25, 0.3) is 0 Å². The van der Waals surface area contributed by atoms with Crippen LogP contribution in [0.2, 0.25) is 0 Å². The molecule has 0 aliphatic rings. The smallest absolute Gasteiger partial charge is 0.317 e. The van der Waals surface area contributed by atoms with E-state index in [2.05, 4.69) is 24.1 Å². The molecule has 1 N–H and O–H groups in total. The molecule has 0 aromatic carbocycles. The van der Waals surface area contributed by atoms with Gasteiger partial charge in [0, 0.05) is 26.2 Å². The molecule has 0 spiro atoms. The minimum Gasteiger partial charge on any atom is -0.460 e. The van der Waals surface area contributed by atoms with Gasteiger partial charge in [-0.3, -0.25) is 4.79 Å². The lowest BCUT2D eigenvalue weighted by molar-refractivity contribution is -0.154. The molecule has 6 nitrogen and oxygen atoms in total. The van der Waals surface area contributed by atoms with E-state index >= 15 is 0 Å². The lowest BCUT2D eigenvalue weighted by atomic mass is 9.85. The molecule has 0 saturated carbocycles. The van der Waals surface area contributed by atoms with Crippen LogP contribution in [0, 0.1) is 5.41 Å². The summed E-state index contributed by atoms with van der Waals surface area (Å²) >= 11 is 0. The van der Waals surface area contributed by atoms with E-state index in [0.717, 1.165) is 6.54 Å². The monoisotopic (exact) mass is 329 g/mol. The molecule has 0 heterocycles. The van der Waals surface area contributed by atoms with Crippen LogP contribution < -0.4 is 5.32 Å². The fraction of sp³-hybridized carbons (Fsp3) is 0.882. The van der Waals surface area contributed by atoms with Gasteiger partial charge in [-0.2, -0.15) is 0 Å². The summed E-state index contributed by atoms with van der Waals surface area (Å²) in [5.74, 6) is -0.293. The van der Waals surface area contributed by atoms with E-state index in [1.54, 1.807) is 7.05 Å². The molecule has 0 aliphatic carbocycles. The number of ether oxygens (including phenoxy) is 1. The van der Waals surface area contributed by atoms with E-state index in [0.29, 0.717) is 6.54 Å². The Hall–Kier alpha value is -1.30. The van der Waals surface area contributed by atoms with Crippen molar-refractivity contribution in [1.82, 2.24) is 15.1 Å². The van der Waals surface area contributed by atoms with E-state index in [1.165, 1.54) is 4.90 Å². The topological polar surface area (TPSA) is 61.9 Å². The van der Waals surface area contributed by atoms with E-state index in [9.17, 15) is 9.59 Å². The number of hydrogen-bond acceptors (Lipinski definition) is 4. The Kier molecular flexibility index (Phi) is 8.04. The molecule has 0 radical (unpaired) electrons. The van der Waals surface area contributed by atoms with Crippen LogP contribution in [0.3, 0.4) is 0 Å². The van der Waals surface area contributed by atoms with Crippen LogP contribution in [-0.4, -0.2) is 67.7 Å². The molecule has 2 amide bonds. The van der Waals surface area contributed by atoms with Crippen LogP contribution in [0.5, 0.6) is 0 Å². The van der Waals surface area contributed by atoms with Crippen molar-refractivity contribution in [2.24, 2.45) is 5.41 Å². The van der Waals surface area contributed by atoms with Crippen molar-refractivity contribution < 1.29 is 14.3 Å². The van der Waals surface area contributed by atoms with Gasteiger partial charge >= 0.3 is 12.0 Å². The Morgan fingerprint density at radius 1 is 1.09 bits per heavy atom. The average Bonchev–Trinajstić information content (AvgIpc) is 2.31. The summed E-state index contributed by atoms with van der Waals surface area (Å²) in [6.07, 6.45) is 0.191. The Labute approximate surface area is 141 Å². The fourth-order valence-electron chi connectivity index (χ4n) is 2.20. The number of amides is 2. The Morgan fingerprint density at radius 3 is 2.04 bits per heavy atom. The van der Waals surface area contributed by atoms with Crippen LogP contribution in [0.4, 0.5) is 4.79 Å². The number of nitrogens with zero attached hydrogens (tertiary/aromatic N) is 2. The highest BCUT2D eigenvalue weighted by Gasteiger charge is 2.28. The van der Waals surface area contributed by atoms with Gasteiger partial charge in [-0.25, -0.2) is 4.79 Å². The molecule has 0 aliphatic heterocycles. The zero-order valence-electron chi connectivity index (χ0n) is 16.3. The third-order valence-corrected chi connectivity index (χ3v) is 3.65. The van der Waals surface area contributed by atoms with Gasteiger partial charge in [-0.15, -0.1) is 0 Å². The highest BCUT2D eigenvalue weighted by Crippen LogP contribution is 2.21. The number of hydrogen-bond donors (Lipinski definition) is 1. The molecule has 0 aromatic heterocycles. The molecule has 1 atom stereocenters. The first kappa shape index (κ1) is 21.7. The number of rotatable bonds is 7. The predicted molar refractivity (Wildman–Crippen MR) is 93.4 cm³/mol. The van der Waals surface area contributed by atoms with Crippen LogP contribution in [0.15, 0.2) is 0 Å². The van der Waals surface area contributed by atoms with Crippen LogP contribution in [-0.2, 0) is 9.53 Å². The second kappa shape index (κ2) is 8.52. The molecule has 6 heteroatoms. The highest BCUT2D eigenvalue weighted by atomic mass is 16.6. The summed E-state index contributed by atoms with van der Waals surface area (Å²) in [5.41, 5.74) is -0.548. The standard InChI is InChI=1S/C17H35N3O3/c1-13(17(5,6)12-19(7)8)18-15(22)20(9)11-10-14(21)23-16(2,3)4/h13H,10-12H2,1-9H3,(H,18,22). The maximum absolute atomic E-state index is 12.2. The Bertz CT molecular complexity index is 400. The van der Waals surface area contributed by atoms with Crippen molar-refractivity contribution in [2.75, 3.05) is 34.2 Å². The largest absolute Gasteiger partial charge is 0.460 e. The van der Waals surface area contributed by atoms with Crippen molar-refractivity contribution in [2.45, 2.75) is 59.6 Å². The Balaban J connectivity index is 4.37. The summed E-state index contributed by atoms with van der Waals surface area (Å²) in [4.78, 5) is 27.6. The zero-order valence-corrected chi connectivity index (χ0v) is 16.3. The first-order chi connectivity index (χ1) is 10.2. The molecule has 23 heavy (non-hydrogen) atoms. The van der Waals surface area contributed by atoms with Gasteiger partial charge in [-0.1, -0.05) is 13.8 Å². The van der Waals surface area contributed by atoms with Crippen molar-refractivity contribution in [3.8, 4) is 0 Å². The normalized spacial score (nSPS) is 13.7. The quantitative estimate of drug-likeness (QED) is 0.728. The van der Waals surface area contributed by atoms with E-state index in [4.69, 9.17) is 4.74 Å². The van der Waals surface area contributed by atoms with Gasteiger partial charge in [0.2, 0.25) is 0 Å². The van der Waals surface area contributed by atoms with Crippen LogP contribution >= 0.6 is 0 Å². The SMILES string of the molecule is CC(NC(=O)N(C)CCC(=O)OC(C)(C)C)C(C)(C)CN(C)C. The van der Waals surface area contributed by atoms with Gasteiger partial charge in [-0.05, 0) is 47.2 Å². The third kappa shape index (κ3) is 9.43. The number of carbonyl (C=O) groups is 2. The summed E-state index contributed by atoms with van der Waals surface area (Å²) in [7, 11) is 5.72. The molecule has 136 valence electrons.